The molecule has 0 radical (unpaired) electrons. The van der Waals surface area contributed by atoms with Gasteiger partial charge >= 0.3 is 0 Å². The van der Waals surface area contributed by atoms with Crippen LogP contribution in [0.15, 0.2) is 12.1 Å². The first kappa shape index (κ1) is 14.8. The summed E-state index contributed by atoms with van der Waals surface area (Å²) in [5.74, 6) is 0.339. The lowest BCUT2D eigenvalue weighted by molar-refractivity contribution is 0.0945. The molecule has 0 aliphatic carbocycles. The minimum absolute atomic E-state index is 0.190. The molecule has 100 valence electrons. The summed E-state index contributed by atoms with van der Waals surface area (Å²) in [4.78, 5) is 12.0. The molecule has 0 atom stereocenters. The van der Waals surface area contributed by atoms with Gasteiger partial charge in [0.05, 0.1) is 12.7 Å². The summed E-state index contributed by atoms with van der Waals surface area (Å²) in [6.45, 7) is 3.04. The van der Waals surface area contributed by atoms with E-state index in [1.807, 2.05) is 6.92 Å². The topological polar surface area (TPSA) is 47.6 Å². The zero-order valence-electron chi connectivity index (χ0n) is 10.9. The third-order valence-corrected chi connectivity index (χ3v) is 2.94. The molecule has 5 heteroatoms. The number of halogens is 1. The highest BCUT2D eigenvalue weighted by Gasteiger charge is 2.13. The molecule has 0 saturated carbocycles. The lowest BCUT2D eigenvalue weighted by Gasteiger charge is -2.11. The van der Waals surface area contributed by atoms with Crippen molar-refractivity contribution in [2.45, 2.75) is 13.3 Å². The van der Waals surface area contributed by atoms with E-state index in [1.54, 1.807) is 19.2 Å². The Bertz CT molecular complexity index is 421. The first-order chi connectivity index (χ1) is 8.60. The Labute approximate surface area is 112 Å². The molecule has 0 saturated heterocycles. The van der Waals surface area contributed by atoms with Gasteiger partial charge in [0.1, 0.15) is 5.75 Å². The Morgan fingerprint density at radius 3 is 2.72 bits per heavy atom. The van der Waals surface area contributed by atoms with Gasteiger partial charge in [-0.15, -0.1) is 0 Å². The first-order valence-corrected chi connectivity index (χ1v) is 6.09. The molecule has 0 aromatic heterocycles. The second-order valence-corrected chi connectivity index (χ2v) is 4.31. The summed E-state index contributed by atoms with van der Waals surface area (Å²) in [7, 11) is 3.16. The van der Waals surface area contributed by atoms with Crippen molar-refractivity contribution < 1.29 is 14.3 Å². The summed E-state index contributed by atoms with van der Waals surface area (Å²) in [5.41, 5.74) is 1.33. The van der Waals surface area contributed by atoms with Gasteiger partial charge in [-0.25, -0.2) is 0 Å². The summed E-state index contributed by atoms with van der Waals surface area (Å²) >= 11 is 6.02. The van der Waals surface area contributed by atoms with Gasteiger partial charge in [0.25, 0.3) is 5.91 Å². The molecule has 1 aromatic rings. The Hall–Kier alpha value is -1.26. The van der Waals surface area contributed by atoms with Crippen molar-refractivity contribution in [3.05, 3.63) is 28.3 Å². The number of hydrogen-bond donors (Lipinski definition) is 1. The highest BCUT2D eigenvalue weighted by Crippen LogP contribution is 2.26. The van der Waals surface area contributed by atoms with Gasteiger partial charge in [-0.1, -0.05) is 11.6 Å². The molecule has 1 rings (SSSR count). The average Bonchev–Trinajstić information content (AvgIpc) is 2.37. The fourth-order valence-corrected chi connectivity index (χ4v) is 1.68. The molecule has 0 spiro atoms. The fourth-order valence-electron chi connectivity index (χ4n) is 1.52. The zero-order valence-corrected chi connectivity index (χ0v) is 11.6. The van der Waals surface area contributed by atoms with E-state index >= 15 is 0 Å². The maximum absolute atomic E-state index is 12.0. The van der Waals surface area contributed by atoms with E-state index in [9.17, 15) is 4.79 Å². The summed E-state index contributed by atoms with van der Waals surface area (Å²) < 4.78 is 10.1. The zero-order chi connectivity index (χ0) is 13.5. The molecule has 4 nitrogen and oxygen atoms in total. The van der Waals surface area contributed by atoms with Gasteiger partial charge in [0.2, 0.25) is 0 Å². The van der Waals surface area contributed by atoms with Crippen molar-refractivity contribution >= 4 is 17.5 Å². The first-order valence-electron chi connectivity index (χ1n) is 5.71. The largest absolute Gasteiger partial charge is 0.496 e. The molecule has 0 unspecified atom stereocenters. The van der Waals surface area contributed by atoms with Crippen LogP contribution in [-0.4, -0.2) is 33.3 Å². The van der Waals surface area contributed by atoms with Crippen LogP contribution in [0.4, 0.5) is 0 Å². The van der Waals surface area contributed by atoms with Crippen molar-refractivity contribution in [2.75, 3.05) is 27.4 Å². The van der Waals surface area contributed by atoms with Crippen LogP contribution in [-0.2, 0) is 4.74 Å². The highest BCUT2D eigenvalue weighted by molar-refractivity contribution is 6.31. The summed E-state index contributed by atoms with van der Waals surface area (Å²) in [6, 6.07) is 3.38. The van der Waals surface area contributed by atoms with Gasteiger partial charge in [0.15, 0.2) is 0 Å². The van der Waals surface area contributed by atoms with Crippen LogP contribution in [0.3, 0.4) is 0 Å². The number of ether oxygens (including phenoxy) is 2. The number of carbonyl (C=O) groups is 1. The standard InChI is InChI=1S/C13H18ClNO3/c1-9-7-12(18-3)10(8-11(9)14)13(16)15-5-4-6-17-2/h7-8H,4-6H2,1-3H3,(H,15,16). The molecular weight excluding hydrogens is 254 g/mol. The number of rotatable bonds is 6. The number of aryl methyl sites for hydroxylation is 1. The Morgan fingerprint density at radius 2 is 2.11 bits per heavy atom. The smallest absolute Gasteiger partial charge is 0.255 e. The molecule has 0 fully saturated rings. The average molecular weight is 272 g/mol. The van der Waals surface area contributed by atoms with Gasteiger partial charge in [-0.2, -0.15) is 0 Å². The van der Waals surface area contributed by atoms with Crippen LogP contribution in [0.1, 0.15) is 22.3 Å². The Kier molecular flexibility index (Phi) is 5.95. The van der Waals surface area contributed by atoms with E-state index in [-0.39, 0.29) is 5.91 Å². The van der Waals surface area contributed by atoms with Crippen LogP contribution in [0.5, 0.6) is 5.75 Å². The lowest BCUT2D eigenvalue weighted by Crippen LogP contribution is -2.25. The van der Waals surface area contributed by atoms with E-state index in [0.717, 1.165) is 12.0 Å². The molecular formula is C13H18ClNO3. The molecule has 0 aliphatic heterocycles. The lowest BCUT2D eigenvalue weighted by atomic mass is 10.1. The summed E-state index contributed by atoms with van der Waals surface area (Å²) in [5, 5.41) is 3.35. The van der Waals surface area contributed by atoms with Crippen molar-refractivity contribution in [1.29, 1.82) is 0 Å². The van der Waals surface area contributed by atoms with Crippen LogP contribution in [0, 0.1) is 6.92 Å². The highest BCUT2D eigenvalue weighted by atomic mass is 35.5. The number of amides is 1. The van der Waals surface area contributed by atoms with E-state index in [2.05, 4.69) is 5.32 Å². The van der Waals surface area contributed by atoms with Crippen molar-refractivity contribution in [2.24, 2.45) is 0 Å². The second-order valence-electron chi connectivity index (χ2n) is 3.90. The Morgan fingerprint density at radius 1 is 1.39 bits per heavy atom. The van der Waals surface area contributed by atoms with Crippen LogP contribution >= 0.6 is 11.6 Å². The molecule has 18 heavy (non-hydrogen) atoms. The number of methoxy groups -OCH3 is 2. The van der Waals surface area contributed by atoms with E-state index < -0.39 is 0 Å². The number of hydrogen-bond acceptors (Lipinski definition) is 3. The second kappa shape index (κ2) is 7.24. The van der Waals surface area contributed by atoms with Gasteiger partial charge in [-0.05, 0) is 31.0 Å². The van der Waals surface area contributed by atoms with Gasteiger partial charge in [-0.3, -0.25) is 4.79 Å². The normalized spacial score (nSPS) is 10.2. The maximum Gasteiger partial charge on any atom is 0.255 e. The van der Waals surface area contributed by atoms with E-state index in [0.29, 0.717) is 29.5 Å². The Balaban J connectivity index is 2.75. The third kappa shape index (κ3) is 3.89. The van der Waals surface area contributed by atoms with Crippen LogP contribution < -0.4 is 10.1 Å². The van der Waals surface area contributed by atoms with Crippen molar-refractivity contribution in [1.82, 2.24) is 5.32 Å². The molecule has 0 aliphatic rings. The number of benzene rings is 1. The SMILES string of the molecule is COCCCNC(=O)c1cc(Cl)c(C)cc1OC. The number of nitrogens with one attached hydrogen (secondary N) is 1. The quantitative estimate of drug-likeness (QED) is 0.809. The van der Waals surface area contributed by atoms with Crippen LogP contribution in [0.2, 0.25) is 5.02 Å². The molecule has 1 amide bonds. The van der Waals surface area contributed by atoms with E-state index in [1.165, 1.54) is 7.11 Å². The van der Waals surface area contributed by atoms with Crippen molar-refractivity contribution in [3.8, 4) is 5.75 Å². The monoisotopic (exact) mass is 271 g/mol. The fraction of sp³-hybridized carbons (Fsp3) is 0.462. The van der Waals surface area contributed by atoms with Gasteiger partial charge < -0.3 is 14.8 Å². The third-order valence-electron chi connectivity index (χ3n) is 2.54. The predicted molar refractivity (Wildman–Crippen MR) is 71.6 cm³/mol. The van der Waals surface area contributed by atoms with Crippen molar-refractivity contribution in [3.63, 3.8) is 0 Å². The molecule has 1 aromatic carbocycles. The minimum atomic E-state index is -0.190. The predicted octanol–water partition coefficient (Wildman–Crippen LogP) is 2.42. The number of carbonyl (C=O) groups excluding carboxylic acids is 1. The maximum atomic E-state index is 12.0. The van der Waals surface area contributed by atoms with E-state index in [4.69, 9.17) is 21.1 Å². The molecule has 1 N–H and O–H groups in total. The molecule has 0 bridgehead atoms. The van der Waals surface area contributed by atoms with Gasteiger partial charge in [0, 0.05) is 25.3 Å². The summed E-state index contributed by atoms with van der Waals surface area (Å²) in [6.07, 6.45) is 0.768. The molecule has 0 heterocycles. The van der Waals surface area contributed by atoms with Crippen LogP contribution in [0.25, 0.3) is 0 Å². The minimum Gasteiger partial charge on any atom is -0.496 e.